The predicted octanol–water partition coefficient (Wildman–Crippen LogP) is 6.02. The second kappa shape index (κ2) is 9.62. The molecule has 0 bridgehead atoms. The van der Waals surface area contributed by atoms with Gasteiger partial charge in [-0.2, -0.15) is 13.2 Å². The minimum absolute atomic E-state index is 0.00408. The summed E-state index contributed by atoms with van der Waals surface area (Å²) >= 11 is 0. The van der Waals surface area contributed by atoms with Gasteiger partial charge < -0.3 is 14.8 Å². The molecule has 3 heterocycles. The Morgan fingerprint density at radius 3 is 2.34 bits per heavy atom. The molecule has 1 saturated carbocycles. The summed E-state index contributed by atoms with van der Waals surface area (Å²) in [4.78, 5) is 16.2. The molecule has 5 rings (SSSR count). The number of piperazine rings is 1. The van der Waals surface area contributed by atoms with Crippen LogP contribution >= 0.6 is 0 Å². The second-order valence-electron chi connectivity index (χ2n) is 9.49. The van der Waals surface area contributed by atoms with Gasteiger partial charge in [-0.15, -0.1) is 0 Å². The Hall–Kier alpha value is -2.91. The first kappa shape index (κ1) is 23.8. The Morgan fingerprint density at radius 2 is 1.69 bits per heavy atom. The van der Waals surface area contributed by atoms with E-state index in [-0.39, 0.29) is 18.5 Å². The Bertz CT molecular complexity index is 1160. The topological polar surface area (TPSA) is 48.1 Å². The predicted molar refractivity (Wildman–Crippen MR) is 125 cm³/mol. The zero-order valence-electron chi connectivity index (χ0n) is 19.3. The summed E-state index contributed by atoms with van der Waals surface area (Å²) in [5, 5.41) is 0. The van der Waals surface area contributed by atoms with Crippen molar-refractivity contribution in [2.45, 2.75) is 44.5 Å². The molecule has 1 N–H and O–H groups in total. The van der Waals surface area contributed by atoms with Gasteiger partial charge in [0.1, 0.15) is 12.5 Å². The number of fused-ring (bicyclic) bond motifs is 1. The van der Waals surface area contributed by atoms with Crippen LogP contribution in [0.15, 0.2) is 30.5 Å². The van der Waals surface area contributed by atoms with E-state index in [1.54, 1.807) is 18.3 Å². The van der Waals surface area contributed by atoms with Gasteiger partial charge in [0.15, 0.2) is 0 Å². The molecular weight excluding hydrogens is 465 g/mol. The van der Waals surface area contributed by atoms with E-state index in [0.29, 0.717) is 85.8 Å². The lowest BCUT2D eigenvalue weighted by Gasteiger charge is -2.35. The number of benzene rings is 1. The van der Waals surface area contributed by atoms with E-state index in [4.69, 9.17) is 4.98 Å². The van der Waals surface area contributed by atoms with Crippen molar-refractivity contribution in [3.05, 3.63) is 47.2 Å². The van der Waals surface area contributed by atoms with Crippen molar-refractivity contribution in [3.8, 4) is 0 Å². The molecule has 1 aromatic carbocycles. The summed E-state index contributed by atoms with van der Waals surface area (Å²) < 4.78 is 67.5. The van der Waals surface area contributed by atoms with Crippen molar-refractivity contribution in [3.63, 3.8) is 0 Å². The van der Waals surface area contributed by atoms with Crippen molar-refractivity contribution in [1.82, 2.24) is 15.0 Å². The highest BCUT2D eigenvalue weighted by atomic mass is 19.4. The molecule has 2 aliphatic rings. The highest BCUT2D eigenvalue weighted by Crippen LogP contribution is 2.42. The Balaban J connectivity index is 1.41. The molecule has 1 aliphatic heterocycles. The van der Waals surface area contributed by atoms with E-state index >= 15 is 0 Å². The molecule has 0 spiro atoms. The van der Waals surface area contributed by atoms with Crippen LogP contribution in [0, 0.1) is 5.92 Å². The van der Waals surface area contributed by atoms with Gasteiger partial charge in [0, 0.05) is 37.9 Å². The van der Waals surface area contributed by atoms with Gasteiger partial charge in [0.25, 0.3) is 0 Å². The third-order valence-electron chi connectivity index (χ3n) is 7.33. The van der Waals surface area contributed by atoms with Gasteiger partial charge in [0.2, 0.25) is 5.95 Å². The number of imidazole rings is 1. The number of hydrogen-bond acceptors (Lipinski definition) is 4. The molecule has 2 fully saturated rings. The molecule has 35 heavy (non-hydrogen) atoms. The lowest BCUT2D eigenvalue weighted by molar-refractivity contribution is -0.137. The van der Waals surface area contributed by atoms with Crippen LogP contribution < -0.4 is 9.80 Å². The van der Waals surface area contributed by atoms with Crippen LogP contribution in [-0.2, 0) is 12.9 Å². The van der Waals surface area contributed by atoms with Crippen molar-refractivity contribution >= 4 is 22.8 Å². The summed E-state index contributed by atoms with van der Waals surface area (Å²) in [7, 11) is 0. The largest absolute Gasteiger partial charge is 0.416 e. The van der Waals surface area contributed by atoms with Gasteiger partial charge in [-0.3, -0.25) is 4.39 Å². The van der Waals surface area contributed by atoms with Crippen molar-refractivity contribution in [2.75, 3.05) is 42.7 Å². The van der Waals surface area contributed by atoms with E-state index in [1.807, 2.05) is 9.80 Å². The molecule has 2 aromatic heterocycles. The van der Waals surface area contributed by atoms with Crippen LogP contribution in [0.3, 0.4) is 0 Å². The highest BCUT2D eigenvalue weighted by Gasteiger charge is 2.34. The fourth-order valence-electron chi connectivity index (χ4n) is 5.33. The molecule has 5 nitrogen and oxygen atoms in total. The Morgan fingerprint density at radius 1 is 0.971 bits per heavy atom. The molecular formula is C25H28F5N5. The molecule has 0 atom stereocenters. The summed E-state index contributed by atoms with van der Waals surface area (Å²) in [6.07, 6.45) is -0.160. The van der Waals surface area contributed by atoms with Crippen molar-refractivity contribution in [2.24, 2.45) is 5.92 Å². The number of halogens is 5. The first-order chi connectivity index (χ1) is 16.9. The van der Waals surface area contributed by atoms with E-state index in [1.165, 1.54) is 6.07 Å². The summed E-state index contributed by atoms with van der Waals surface area (Å²) in [5.74, 6) is 1.08. The minimum atomic E-state index is -4.47. The van der Waals surface area contributed by atoms with Crippen LogP contribution in [0.2, 0.25) is 0 Å². The number of alkyl halides is 5. The van der Waals surface area contributed by atoms with E-state index in [0.717, 1.165) is 6.07 Å². The fraction of sp³-hybridized carbons (Fsp3) is 0.520. The lowest BCUT2D eigenvalue weighted by Crippen LogP contribution is -2.47. The first-order valence-corrected chi connectivity index (χ1v) is 12.0. The SMILES string of the molecule is FCc1cccnc1N1CCN(c2nc3c(C4CCC(CF)CC4)cc(C(F)(F)F)cc3[nH]2)CC1. The van der Waals surface area contributed by atoms with Crippen LogP contribution in [0.5, 0.6) is 0 Å². The molecule has 0 unspecified atom stereocenters. The second-order valence-corrected chi connectivity index (χ2v) is 9.49. The molecule has 3 aromatic rings. The number of aromatic amines is 1. The van der Waals surface area contributed by atoms with E-state index < -0.39 is 18.4 Å². The molecule has 1 saturated heterocycles. The number of nitrogens with zero attached hydrogens (tertiary/aromatic N) is 4. The van der Waals surface area contributed by atoms with Crippen molar-refractivity contribution < 1.29 is 22.0 Å². The average Bonchev–Trinajstić information content (AvgIpc) is 3.32. The zero-order valence-corrected chi connectivity index (χ0v) is 19.3. The van der Waals surface area contributed by atoms with Crippen LogP contribution in [0.25, 0.3) is 11.0 Å². The van der Waals surface area contributed by atoms with Crippen molar-refractivity contribution in [1.29, 1.82) is 0 Å². The van der Waals surface area contributed by atoms with Crippen LogP contribution in [0.1, 0.15) is 48.3 Å². The Kier molecular flexibility index (Phi) is 6.55. The number of anilines is 2. The van der Waals surface area contributed by atoms with E-state index in [2.05, 4.69) is 9.97 Å². The first-order valence-electron chi connectivity index (χ1n) is 12.0. The smallest absolute Gasteiger partial charge is 0.353 e. The minimum Gasteiger partial charge on any atom is -0.353 e. The Labute approximate surface area is 200 Å². The lowest BCUT2D eigenvalue weighted by atomic mass is 9.78. The third kappa shape index (κ3) is 4.79. The highest BCUT2D eigenvalue weighted by molar-refractivity contribution is 5.83. The number of H-pyrrole nitrogens is 1. The standard InChI is InChI=1S/C25H28F5N5/c26-14-16-3-5-17(6-4-16)20-12-19(25(28,29)30)13-21-22(20)33-24(32-21)35-10-8-34(9-11-35)23-18(15-27)2-1-7-31-23/h1-2,7,12-13,16-17H,3-6,8-11,14-15H2,(H,32,33). The third-order valence-corrected chi connectivity index (χ3v) is 7.33. The monoisotopic (exact) mass is 493 g/mol. The number of pyridine rings is 1. The maximum Gasteiger partial charge on any atom is 0.416 e. The quantitative estimate of drug-likeness (QED) is 0.442. The van der Waals surface area contributed by atoms with Gasteiger partial charge in [-0.1, -0.05) is 6.07 Å². The maximum absolute atomic E-state index is 13.7. The number of nitrogens with one attached hydrogen (secondary N) is 1. The van der Waals surface area contributed by atoms with Crippen LogP contribution in [0.4, 0.5) is 33.7 Å². The van der Waals surface area contributed by atoms with E-state index in [9.17, 15) is 22.0 Å². The zero-order chi connectivity index (χ0) is 24.6. The molecule has 0 radical (unpaired) electrons. The normalized spacial score (nSPS) is 21.6. The number of hydrogen-bond donors (Lipinski definition) is 1. The molecule has 0 amide bonds. The maximum atomic E-state index is 13.7. The average molecular weight is 494 g/mol. The molecule has 188 valence electrons. The van der Waals surface area contributed by atoms with Gasteiger partial charge in [-0.05, 0) is 61.3 Å². The summed E-state index contributed by atoms with van der Waals surface area (Å²) in [6, 6.07) is 5.78. The van der Waals surface area contributed by atoms with Gasteiger partial charge in [-0.25, -0.2) is 14.4 Å². The molecule has 10 heteroatoms. The van der Waals surface area contributed by atoms with Gasteiger partial charge in [0.05, 0.1) is 23.3 Å². The number of aromatic nitrogens is 3. The fourth-order valence-corrected chi connectivity index (χ4v) is 5.33. The molecule has 1 aliphatic carbocycles. The van der Waals surface area contributed by atoms with Gasteiger partial charge >= 0.3 is 6.18 Å². The number of rotatable bonds is 5. The summed E-state index contributed by atoms with van der Waals surface area (Å²) in [5.41, 5.74) is 1.36. The summed E-state index contributed by atoms with van der Waals surface area (Å²) in [6.45, 7) is 1.36. The van der Waals surface area contributed by atoms with Crippen LogP contribution in [-0.4, -0.2) is 47.8 Å².